The molecule has 0 N–H and O–H groups in total. The molecule has 0 radical (unpaired) electrons. The molecule has 0 unspecified atom stereocenters. The highest BCUT2D eigenvalue weighted by molar-refractivity contribution is 5.82. The van der Waals surface area contributed by atoms with Gasteiger partial charge in [-0.25, -0.2) is 0 Å². The summed E-state index contributed by atoms with van der Waals surface area (Å²) in [6, 6.07) is 18.2. The number of ether oxygens (including phenoxy) is 6. The van der Waals surface area contributed by atoms with Crippen LogP contribution in [0, 0.1) is 0 Å². The van der Waals surface area contributed by atoms with Crippen molar-refractivity contribution in [2.24, 2.45) is 0 Å². The zero-order valence-corrected chi connectivity index (χ0v) is 66.5. The van der Waals surface area contributed by atoms with Gasteiger partial charge in [0.15, 0.2) is 23.0 Å². The van der Waals surface area contributed by atoms with Gasteiger partial charge in [-0.15, -0.1) is 0 Å². The Balaban J connectivity index is 1.17. The minimum atomic E-state index is 0.665. The monoisotopic (exact) mass is 1400 g/mol. The first-order valence-electron chi connectivity index (χ1n) is 43.8. The van der Waals surface area contributed by atoms with E-state index >= 15 is 0 Å². The first-order chi connectivity index (χ1) is 50.5. The molecule has 0 fully saturated rings. The van der Waals surface area contributed by atoms with Crippen LogP contribution in [-0.4, -0.2) is 49.6 Å². The first-order valence-corrected chi connectivity index (χ1v) is 43.8. The largest absolute Gasteiger partial charge is 0.490 e. The van der Waals surface area contributed by atoms with Crippen LogP contribution in [0.3, 0.4) is 0 Å². The maximum Gasteiger partial charge on any atom is 0.203 e. The van der Waals surface area contributed by atoms with Crippen LogP contribution in [0.1, 0.15) is 385 Å². The number of aromatic nitrogens is 2. The molecule has 102 heavy (non-hydrogen) atoms. The molecular formula is C94H148N2O6. The number of fused-ring (bicyclic) bond motifs is 2. The smallest absolute Gasteiger partial charge is 0.203 e. The lowest BCUT2D eigenvalue weighted by atomic mass is 9.92. The fourth-order valence-corrected chi connectivity index (χ4v) is 15.7. The highest BCUT2D eigenvalue weighted by Gasteiger charge is 2.28. The van der Waals surface area contributed by atoms with Crippen LogP contribution in [0.5, 0.6) is 34.5 Å². The third-order valence-corrected chi connectivity index (χ3v) is 21.9. The molecule has 0 saturated heterocycles. The number of hydrogen-bond donors (Lipinski definition) is 0. The number of unbranched alkanes of at least 4 members (excludes halogenated alkanes) is 42. The molecule has 0 aliphatic heterocycles. The predicted molar refractivity (Wildman–Crippen MR) is 436 cm³/mol. The summed E-state index contributed by atoms with van der Waals surface area (Å²) in [7, 11) is 0. The quantitative estimate of drug-likeness (QED) is 0.0356. The van der Waals surface area contributed by atoms with Gasteiger partial charge in [0.05, 0.1) is 51.0 Å². The zero-order valence-electron chi connectivity index (χ0n) is 66.5. The summed E-state index contributed by atoms with van der Waals surface area (Å²) >= 11 is 0. The molecule has 2 aliphatic carbocycles. The van der Waals surface area contributed by atoms with Crippen molar-refractivity contribution in [2.45, 2.75) is 388 Å². The molecule has 0 atom stereocenters. The van der Waals surface area contributed by atoms with Crippen LogP contribution in [0.2, 0.25) is 0 Å². The molecule has 5 aromatic rings. The van der Waals surface area contributed by atoms with E-state index in [4.69, 9.17) is 38.4 Å². The van der Waals surface area contributed by atoms with Crippen LogP contribution in [0.4, 0.5) is 0 Å². The molecule has 3 aromatic carbocycles. The van der Waals surface area contributed by atoms with E-state index in [1.54, 1.807) is 0 Å². The lowest BCUT2D eigenvalue weighted by Crippen LogP contribution is -2.07. The van der Waals surface area contributed by atoms with Gasteiger partial charge in [0, 0.05) is 34.6 Å². The second-order valence-electron chi connectivity index (χ2n) is 30.8. The normalized spacial score (nSPS) is 12.5. The highest BCUT2D eigenvalue weighted by Crippen LogP contribution is 2.48. The van der Waals surface area contributed by atoms with E-state index < -0.39 is 0 Å². The third-order valence-electron chi connectivity index (χ3n) is 21.9. The van der Waals surface area contributed by atoms with Crippen molar-refractivity contribution < 1.29 is 28.4 Å². The van der Waals surface area contributed by atoms with E-state index in [-0.39, 0.29) is 0 Å². The average Bonchev–Trinajstić information content (AvgIpc) is 1.43. The molecular weight excluding hydrogens is 1250 g/mol. The van der Waals surface area contributed by atoms with Crippen molar-refractivity contribution >= 4 is 0 Å². The van der Waals surface area contributed by atoms with Crippen molar-refractivity contribution in [1.82, 2.24) is 9.97 Å². The SMILES string of the molecule is CCCCCCCCCCOc1cc(-c2cnc(-c3cccc(-c4ncc(-c5cc(OCCCCCCCCCC)c(OCCCCCCCCCC)c(OCCCCCCCCCC)c5)c5c4CCC5)c3)c3c2CCC3)cc(OCCCCCCCCCC)c1OCCCCCCCCCC. The number of hydrogen-bond acceptors (Lipinski definition) is 8. The number of nitrogens with zero attached hydrogens (tertiary/aromatic N) is 2. The zero-order chi connectivity index (χ0) is 71.5. The summed E-state index contributed by atoms with van der Waals surface area (Å²) in [6.45, 7) is 17.8. The van der Waals surface area contributed by atoms with Crippen molar-refractivity contribution in [3.63, 3.8) is 0 Å². The molecule has 2 aliphatic rings. The van der Waals surface area contributed by atoms with E-state index in [0.29, 0.717) is 39.6 Å². The Hall–Kier alpha value is -5.24. The Kier molecular flexibility index (Phi) is 44.1. The molecule has 0 saturated carbocycles. The summed E-state index contributed by atoms with van der Waals surface area (Å²) in [4.78, 5) is 11.0. The average molecular weight is 1400 g/mol. The van der Waals surface area contributed by atoms with Crippen LogP contribution in [0.15, 0.2) is 60.9 Å². The fraction of sp³-hybridized carbons (Fsp3) is 0.702. The number of rotatable bonds is 64. The second kappa shape index (κ2) is 53.5. The third kappa shape index (κ3) is 30.7. The Morgan fingerprint density at radius 2 is 0.471 bits per heavy atom. The highest BCUT2D eigenvalue weighted by atomic mass is 16.5. The van der Waals surface area contributed by atoms with Crippen LogP contribution < -0.4 is 28.4 Å². The van der Waals surface area contributed by atoms with Gasteiger partial charge in [-0.1, -0.05) is 329 Å². The van der Waals surface area contributed by atoms with E-state index in [9.17, 15) is 0 Å². The van der Waals surface area contributed by atoms with Gasteiger partial charge in [-0.05, 0) is 141 Å². The number of pyridine rings is 2. The van der Waals surface area contributed by atoms with Gasteiger partial charge in [0.2, 0.25) is 11.5 Å². The molecule has 570 valence electrons. The Labute approximate surface area is 625 Å². The van der Waals surface area contributed by atoms with E-state index in [0.717, 1.165) is 145 Å². The minimum Gasteiger partial charge on any atom is -0.490 e. The van der Waals surface area contributed by atoms with E-state index in [2.05, 4.69) is 102 Å². The Bertz CT molecular complexity index is 2710. The van der Waals surface area contributed by atoms with Crippen LogP contribution in [-0.2, 0) is 25.7 Å². The topological polar surface area (TPSA) is 81.2 Å². The molecule has 2 heterocycles. The molecule has 2 aromatic heterocycles. The standard InChI is InChI=1S/C94H148N2O6/c1-7-13-19-25-31-37-43-49-64-97-87-71-79(72-88(98-65-50-44-38-32-26-20-14-8-2)93(87)101-68-53-47-41-35-29-23-17-11-5)85-75-95-91(83-62-56-60-81(83)85)77-58-55-59-78(70-77)92-84-63-57-61-82(84)86(76-96-92)80-73-89(99-66-51-45-39-33-27-21-15-9-3)94(102-69-54-48-42-36-30-24-18-12-6)90(74-80)100-67-52-46-40-34-28-22-16-10-4/h55,58-59,70-76H,7-54,56-57,60-69H2,1-6H3. The van der Waals surface area contributed by atoms with Crippen LogP contribution in [0.25, 0.3) is 44.8 Å². The van der Waals surface area contributed by atoms with E-state index in [1.807, 2.05) is 0 Å². The second-order valence-corrected chi connectivity index (χ2v) is 30.8. The maximum absolute atomic E-state index is 6.91. The van der Waals surface area contributed by atoms with Gasteiger partial charge in [0.1, 0.15) is 0 Å². The van der Waals surface area contributed by atoms with E-state index in [1.165, 1.54) is 303 Å². The van der Waals surface area contributed by atoms with Crippen molar-refractivity contribution in [1.29, 1.82) is 0 Å². The summed E-state index contributed by atoms with van der Waals surface area (Å²) < 4.78 is 41.4. The molecule has 0 amide bonds. The molecule has 8 nitrogen and oxygen atoms in total. The summed E-state index contributed by atoms with van der Waals surface area (Å²) in [6.07, 6.45) is 71.2. The lowest BCUT2D eigenvalue weighted by molar-refractivity contribution is 0.234. The summed E-state index contributed by atoms with van der Waals surface area (Å²) in [5.74, 6) is 4.83. The van der Waals surface area contributed by atoms with Crippen molar-refractivity contribution in [2.75, 3.05) is 39.6 Å². The summed E-state index contributed by atoms with van der Waals surface area (Å²) in [5, 5.41) is 0. The Morgan fingerprint density at radius 1 is 0.245 bits per heavy atom. The first kappa shape index (κ1) is 84.0. The Morgan fingerprint density at radius 3 is 0.725 bits per heavy atom. The van der Waals surface area contributed by atoms with Crippen molar-refractivity contribution in [3.05, 3.63) is 83.2 Å². The molecule has 8 heteroatoms. The van der Waals surface area contributed by atoms with Crippen LogP contribution >= 0.6 is 0 Å². The molecule has 0 spiro atoms. The van der Waals surface area contributed by atoms with Gasteiger partial charge >= 0.3 is 0 Å². The van der Waals surface area contributed by atoms with Gasteiger partial charge < -0.3 is 28.4 Å². The van der Waals surface area contributed by atoms with Gasteiger partial charge in [-0.3, -0.25) is 9.97 Å². The minimum absolute atomic E-state index is 0.665. The van der Waals surface area contributed by atoms with Crippen molar-refractivity contribution in [3.8, 4) is 79.3 Å². The van der Waals surface area contributed by atoms with Gasteiger partial charge in [-0.2, -0.15) is 0 Å². The molecule has 7 rings (SSSR count). The van der Waals surface area contributed by atoms with Gasteiger partial charge in [0.25, 0.3) is 0 Å². The summed E-state index contributed by atoms with van der Waals surface area (Å²) in [5.41, 5.74) is 14.6. The fourth-order valence-electron chi connectivity index (χ4n) is 15.7. The maximum atomic E-state index is 6.91. The lowest BCUT2D eigenvalue weighted by Gasteiger charge is -2.21. The number of benzene rings is 3. The molecule has 0 bridgehead atoms. The predicted octanol–water partition coefficient (Wildman–Crippen LogP) is 29.2.